The molecule has 6 heteroatoms. The molecule has 0 spiro atoms. The Bertz CT molecular complexity index is 484. The van der Waals surface area contributed by atoms with Gasteiger partial charge in [0.05, 0.1) is 0 Å². The quantitative estimate of drug-likeness (QED) is 0.920. The monoisotopic (exact) mass is 302 g/mol. The van der Waals surface area contributed by atoms with Crippen LogP contribution in [0.15, 0.2) is 18.2 Å². The molecular formula is C15H21F3N2O. The number of nitrogens with one attached hydrogen (secondary N) is 1. The van der Waals surface area contributed by atoms with Gasteiger partial charge < -0.3 is 15.0 Å². The number of halogens is 3. The zero-order chi connectivity index (χ0) is 15.6. The number of ether oxygens (including phenoxy) is 1. The van der Waals surface area contributed by atoms with Gasteiger partial charge in [-0.3, -0.25) is 0 Å². The van der Waals surface area contributed by atoms with E-state index < -0.39 is 18.2 Å². The number of piperidine rings is 1. The van der Waals surface area contributed by atoms with Crippen molar-refractivity contribution in [1.82, 2.24) is 4.90 Å². The zero-order valence-corrected chi connectivity index (χ0v) is 12.4. The van der Waals surface area contributed by atoms with Crippen LogP contribution in [0.1, 0.15) is 20.3 Å². The van der Waals surface area contributed by atoms with Gasteiger partial charge in [0.1, 0.15) is 0 Å². The second-order valence-corrected chi connectivity index (χ2v) is 5.78. The van der Waals surface area contributed by atoms with Gasteiger partial charge in [0, 0.05) is 30.4 Å². The number of likely N-dealkylation sites (tertiary alicyclic amines) is 1. The summed E-state index contributed by atoms with van der Waals surface area (Å²) < 4.78 is 42.0. The molecule has 3 nitrogen and oxygen atoms in total. The van der Waals surface area contributed by atoms with Crippen LogP contribution in [0.25, 0.3) is 0 Å². The standard InChI is InChI=1S/C15H21F3N2O/c1-9-8-20(3)10(2)6-13(9)19-11-4-5-14(12(16)7-11)21-15(17)18/h4-5,7,9-10,13,15,19H,6,8H2,1-3H3. The summed E-state index contributed by atoms with van der Waals surface area (Å²) in [4.78, 5) is 2.29. The number of nitrogens with zero attached hydrogens (tertiary/aromatic N) is 1. The van der Waals surface area contributed by atoms with E-state index in [-0.39, 0.29) is 6.04 Å². The van der Waals surface area contributed by atoms with Crippen LogP contribution in [0.5, 0.6) is 5.75 Å². The molecule has 1 saturated heterocycles. The number of anilines is 1. The highest BCUT2D eigenvalue weighted by Crippen LogP contribution is 2.27. The third-order valence-electron chi connectivity index (χ3n) is 4.11. The maximum atomic E-state index is 13.7. The normalized spacial score (nSPS) is 26.9. The van der Waals surface area contributed by atoms with Crippen molar-refractivity contribution in [3.05, 3.63) is 24.0 Å². The van der Waals surface area contributed by atoms with E-state index >= 15 is 0 Å². The molecule has 1 fully saturated rings. The summed E-state index contributed by atoms with van der Waals surface area (Å²) in [5.74, 6) is -0.791. The van der Waals surface area contributed by atoms with Gasteiger partial charge in [-0.25, -0.2) is 4.39 Å². The molecule has 1 aliphatic heterocycles. The Morgan fingerprint density at radius 1 is 1.33 bits per heavy atom. The topological polar surface area (TPSA) is 24.5 Å². The first-order valence-corrected chi connectivity index (χ1v) is 7.08. The van der Waals surface area contributed by atoms with E-state index in [4.69, 9.17) is 0 Å². The number of alkyl halides is 2. The van der Waals surface area contributed by atoms with Crippen LogP contribution in [-0.2, 0) is 0 Å². The van der Waals surface area contributed by atoms with E-state index in [0.29, 0.717) is 17.6 Å². The van der Waals surface area contributed by atoms with Crippen LogP contribution in [-0.4, -0.2) is 37.2 Å². The van der Waals surface area contributed by atoms with E-state index in [1.807, 2.05) is 0 Å². The van der Waals surface area contributed by atoms with Crippen molar-refractivity contribution in [1.29, 1.82) is 0 Å². The molecule has 1 N–H and O–H groups in total. The number of benzene rings is 1. The Kier molecular flexibility index (Phi) is 4.98. The lowest BCUT2D eigenvalue weighted by molar-refractivity contribution is -0.0521. The second-order valence-electron chi connectivity index (χ2n) is 5.78. The number of hydrogen-bond donors (Lipinski definition) is 1. The average Bonchev–Trinajstić information content (AvgIpc) is 2.39. The molecule has 0 amide bonds. The highest BCUT2D eigenvalue weighted by atomic mass is 19.3. The molecule has 1 aromatic rings. The lowest BCUT2D eigenvalue weighted by atomic mass is 9.89. The van der Waals surface area contributed by atoms with E-state index in [1.54, 1.807) is 6.07 Å². The zero-order valence-electron chi connectivity index (χ0n) is 12.4. The van der Waals surface area contributed by atoms with Gasteiger partial charge >= 0.3 is 6.61 Å². The highest BCUT2D eigenvalue weighted by molar-refractivity contribution is 5.48. The minimum absolute atomic E-state index is 0.234. The molecule has 21 heavy (non-hydrogen) atoms. The van der Waals surface area contributed by atoms with Gasteiger partial charge in [-0.15, -0.1) is 0 Å². The average molecular weight is 302 g/mol. The Morgan fingerprint density at radius 2 is 2.05 bits per heavy atom. The van der Waals surface area contributed by atoms with Crippen molar-refractivity contribution < 1.29 is 17.9 Å². The molecule has 3 atom stereocenters. The summed E-state index contributed by atoms with van der Waals surface area (Å²) in [7, 11) is 2.09. The van der Waals surface area contributed by atoms with Gasteiger partial charge in [0.15, 0.2) is 11.6 Å². The van der Waals surface area contributed by atoms with Gasteiger partial charge in [-0.1, -0.05) is 6.92 Å². The maximum absolute atomic E-state index is 13.7. The Balaban J connectivity index is 2.04. The number of hydrogen-bond acceptors (Lipinski definition) is 3. The van der Waals surface area contributed by atoms with Gasteiger partial charge in [-0.05, 0) is 38.4 Å². The molecule has 1 aromatic carbocycles. The molecule has 1 heterocycles. The predicted molar refractivity (Wildman–Crippen MR) is 76.3 cm³/mol. The molecular weight excluding hydrogens is 281 g/mol. The molecule has 0 aromatic heterocycles. The maximum Gasteiger partial charge on any atom is 0.387 e. The van der Waals surface area contributed by atoms with E-state index in [0.717, 1.165) is 13.0 Å². The first-order valence-electron chi connectivity index (χ1n) is 7.08. The molecule has 118 valence electrons. The summed E-state index contributed by atoms with van der Waals surface area (Å²) in [5.41, 5.74) is 0.586. The van der Waals surface area contributed by atoms with Crippen LogP contribution < -0.4 is 10.1 Å². The highest BCUT2D eigenvalue weighted by Gasteiger charge is 2.28. The SMILES string of the molecule is CC1CN(C)C(C)CC1Nc1ccc(OC(F)F)c(F)c1. The molecule has 0 aliphatic carbocycles. The van der Waals surface area contributed by atoms with Crippen molar-refractivity contribution >= 4 is 5.69 Å². The largest absolute Gasteiger partial charge is 0.432 e. The summed E-state index contributed by atoms with van der Waals surface area (Å²) in [6, 6.07) is 4.68. The summed E-state index contributed by atoms with van der Waals surface area (Å²) in [5, 5.41) is 3.29. The van der Waals surface area contributed by atoms with Crippen molar-refractivity contribution in [2.24, 2.45) is 5.92 Å². The summed E-state index contributed by atoms with van der Waals surface area (Å²) in [6.45, 7) is 2.24. The van der Waals surface area contributed by atoms with E-state index in [9.17, 15) is 13.2 Å². The Morgan fingerprint density at radius 3 is 2.67 bits per heavy atom. The van der Waals surface area contributed by atoms with Gasteiger partial charge in [0.2, 0.25) is 0 Å². The van der Waals surface area contributed by atoms with Crippen molar-refractivity contribution in [3.63, 3.8) is 0 Å². The van der Waals surface area contributed by atoms with Crippen LogP contribution in [0.4, 0.5) is 18.9 Å². The van der Waals surface area contributed by atoms with E-state index in [2.05, 4.69) is 35.8 Å². The third-order valence-corrected chi connectivity index (χ3v) is 4.11. The van der Waals surface area contributed by atoms with Crippen molar-refractivity contribution in [2.45, 2.75) is 39.0 Å². The van der Waals surface area contributed by atoms with Crippen LogP contribution in [0.2, 0.25) is 0 Å². The molecule has 3 unspecified atom stereocenters. The third kappa shape index (κ3) is 4.03. The summed E-state index contributed by atoms with van der Waals surface area (Å²) in [6.07, 6.45) is 0.953. The van der Waals surface area contributed by atoms with Gasteiger partial charge in [0.25, 0.3) is 0 Å². The second kappa shape index (κ2) is 6.56. The fourth-order valence-electron chi connectivity index (χ4n) is 2.74. The molecule has 0 radical (unpaired) electrons. The van der Waals surface area contributed by atoms with Crippen LogP contribution >= 0.6 is 0 Å². The first kappa shape index (κ1) is 15.9. The van der Waals surface area contributed by atoms with Crippen LogP contribution in [0.3, 0.4) is 0 Å². The fraction of sp³-hybridized carbons (Fsp3) is 0.600. The molecule has 2 rings (SSSR count). The number of rotatable bonds is 4. The van der Waals surface area contributed by atoms with Crippen molar-refractivity contribution in [3.8, 4) is 5.75 Å². The molecule has 0 saturated carbocycles. The minimum Gasteiger partial charge on any atom is -0.432 e. The molecule has 1 aliphatic rings. The predicted octanol–water partition coefficient (Wildman–Crippen LogP) is 3.57. The lowest BCUT2D eigenvalue weighted by Gasteiger charge is -2.40. The minimum atomic E-state index is -3.02. The molecule has 0 bridgehead atoms. The van der Waals surface area contributed by atoms with Crippen LogP contribution in [0, 0.1) is 11.7 Å². The first-order chi connectivity index (χ1) is 9.86. The van der Waals surface area contributed by atoms with Gasteiger partial charge in [-0.2, -0.15) is 8.78 Å². The lowest BCUT2D eigenvalue weighted by Crippen LogP contribution is -2.48. The smallest absolute Gasteiger partial charge is 0.387 e. The fourth-order valence-corrected chi connectivity index (χ4v) is 2.74. The van der Waals surface area contributed by atoms with E-state index in [1.165, 1.54) is 12.1 Å². The van der Waals surface area contributed by atoms with Crippen molar-refractivity contribution in [2.75, 3.05) is 18.9 Å². The Labute approximate surface area is 123 Å². The Hall–Kier alpha value is -1.43. The summed E-state index contributed by atoms with van der Waals surface area (Å²) >= 11 is 0.